The van der Waals surface area contributed by atoms with Crippen molar-refractivity contribution in [1.29, 1.82) is 0 Å². The van der Waals surface area contributed by atoms with Crippen LogP contribution in [0.2, 0.25) is 0 Å². The average molecular weight is 437 g/mol. The van der Waals surface area contributed by atoms with Crippen molar-refractivity contribution in [1.82, 2.24) is 15.1 Å². The number of esters is 1. The second kappa shape index (κ2) is 8.97. The first kappa shape index (κ1) is 20.5. The number of thiazole rings is 1. The minimum Gasteiger partial charge on any atom is -0.497 e. The summed E-state index contributed by atoms with van der Waals surface area (Å²) >= 11 is 1.29. The lowest BCUT2D eigenvalue weighted by Crippen LogP contribution is -2.05. The van der Waals surface area contributed by atoms with E-state index in [0.717, 1.165) is 10.6 Å². The molecule has 0 aliphatic rings. The van der Waals surface area contributed by atoms with Gasteiger partial charge in [0.25, 0.3) is 5.89 Å². The zero-order chi connectivity index (χ0) is 21.8. The van der Waals surface area contributed by atoms with Gasteiger partial charge in [-0.25, -0.2) is 9.78 Å². The molecule has 0 aliphatic carbocycles. The number of ether oxygens (including phenoxy) is 3. The molecule has 0 N–H and O–H groups in total. The molecule has 0 bridgehead atoms. The van der Waals surface area contributed by atoms with E-state index in [1.165, 1.54) is 11.3 Å². The molecular weight excluding hydrogens is 418 g/mol. The van der Waals surface area contributed by atoms with Crippen molar-refractivity contribution in [2.45, 2.75) is 13.5 Å². The van der Waals surface area contributed by atoms with Crippen LogP contribution < -0.4 is 9.47 Å². The molecule has 0 unspecified atom stereocenters. The van der Waals surface area contributed by atoms with E-state index in [9.17, 15) is 4.79 Å². The second-order valence-corrected chi connectivity index (χ2v) is 7.45. The Morgan fingerprint density at radius 2 is 1.87 bits per heavy atom. The van der Waals surface area contributed by atoms with Crippen LogP contribution in [-0.2, 0) is 11.3 Å². The Morgan fingerprint density at radius 1 is 1.06 bits per heavy atom. The van der Waals surface area contributed by atoms with Gasteiger partial charge in [0.1, 0.15) is 21.4 Å². The minimum absolute atomic E-state index is 0.150. The summed E-state index contributed by atoms with van der Waals surface area (Å²) in [6.07, 6.45) is 0. The summed E-state index contributed by atoms with van der Waals surface area (Å²) < 4.78 is 21.2. The summed E-state index contributed by atoms with van der Waals surface area (Å²) in [6.45, 7) is 1.63. The average Bonchev–Trinajstić information content (AvgIpc) is 3.44. The third-order valence-corrected chi connectivity index (χ3v) is 5.63. The zero-order valence-corrected chi connectivity index (χ0v) is 17.9. The van der Waals surface area contributed by atoms with Gasteiger partial charge in [0, 0.05) is 11.6 Å². The van der Waals surface area contributed by atoms with Crippen LogP contribution in [0.15, 0.2) is 53.1 Å². The van der Waals surface area contributed by atoms with Crippen molar-refractivity contribution in [3.05, 3.63) is 65.0 Å². The van der Waals surface area contributed by atoms with E-state index in [2.05, 4.69) is 15.1 Å². The molecule has 2 aromatic carbocycles. The fourth-order valence-electron chi connectivity index (χ4n) is 2.89. The molecule has 9 heteroatoms. The molecule has 4 aromatic rings. The molecular formula is C22H19N3O5S. The highest BCUT2D eigenvalue weighted by atomic mass is 32.1. The van der Waals surface area contributed by atoms with Crippen LogP contribution in [0.3, 0.4) is 0 Å². The van der Waals surface area contributed by atoms with Crippen molar-refractivity contribution in [3.8, 4) is 33.5 Å². The summed E-state index contributed by atoms with van der Waals surface area (Å²) in [5, 5.41) is 4.72. The Balaban J connectivity index is 1.46. The molecule has 0 fully saturated rings. The molecule has 2 aromatic heterocycles. The van der Waals surface area contributed by atoms with Gasteiger partial charge in [-0.3, -0.25) is 0 Å². The minimum atomic E-state index is -0.487. The maximum absolute atomic E-state index is 12.6. The quantitative estimate of drug-likeness (QED) is 0.389. The van der Waals surface area contributed by atoms with Crippen molar-refractivity contribution in [2.24, 2.45) is 0 Å². The number of aromatic nitrogens is 3. The van der Waals surface area contributed by atoms with Gasteiger partial charge in [0.15, 0.2) is 6.61 Å². The van der Waals surface area contributed by atoms with E-state index >= 15 is 0 Å². The van der Waals surface area contributed by atoms with Crippen LogP contribution in [0, 0.1) is 6.92 Å². The van der Waals surface area contributed by atoms with E-state index in [4.69, 9.17) is 18.7 Å². The second-order valence-electron chi connectivity index (χ2n) is 6.45. The van der Waals surface area contributed by atoms with Gasteiger partial charge < -0.3 is 18.7 Å². The first-order valence-corrected chi connectivity index (χ1v) is 10.2. The summed E-state index contributed by atoms with van der Waals surface area (Å²) in [5.74, 6) is 1.20. The van der Waals surface area contributed by atoms with Crippen LogP contribution >= 0.6 is 11.3 Å². The smallest absolute Gasteiger partial charge is 0.350 e. The van der Waals surface area contributed by atoms with Crippen molar-refractivity contribution in [2.75, 3.05) is 14.2 Å². The Kier molecular flexibility index (Phi) is 5.94. The number of aryl methyl sites for hydroxylation is 1. The number of hydrogen-bond donors (Lipinski definition) is 0. The van der Waals surface area contributed by atoms with E-state index in [1.54, 1.807) is 39.3 Å². The third kappa shape index (κ3) is 4.41. The maximum atomic E-state index is 12.6. The summed E-state index contributed by atoms with van der Waals surface area (Å²) in [5.41, 5.74) is 2.20. The monoisotopic (exact) mass is 437 g/mol. The van der Waals surface area contributed by atoms with Crippen LogP contribution in [0.5, 0.6) is 11.5 Å². The van der Waals surface area contributed by atoms with Gasteiger partial charge in [0.05, 0.1) is 25.5 Å². The van der Waals surface area contributed by atoms with Crippen LogP contribution in [-0.4, -0.2) is 35.3 Å². The highest BCUT2D eigenvalue weighted by Crippen LogP contribution is 2.32. The maximum Gasteiger partial charge on any atom is 0.350 e. The largest absolute Gasteiger partial charge is 0.497 e. The third-order valence-electron chi connectivity index (χ3n) is 4.45. The van der Waals surface area contributed by atoms with Gasteiger partial charge in [-0.1, -0.05) is 35.5 Å². The fraction of sp³-hybridized carbons (Fsp3) is 0.182. The zero-order valence-electron chi connectivity index (χ0n) is 17.1. The van der Waals surface area contributed by atoms with Gasteiger partial charge in [-0.05, 0) is 19.1 Å². The highest BCUT2D eigenvalue weighted by molar-refractivity contribution is 7.17. The summed E-state index contributed by atoms with van der Waals surface area (Å²) in [6, 6.07) is 14.9. The molecule has 0 spiro atoms. The van der Waals surface area contributed by atoms with Crippen LogP contribution in [0.25, 0.3) is 22.0 Å². The highest BCUT2D eigenvalue weighted by Gasteiger charge is 2.20. The lowest BCUT2D eigenvalue weighted by Gasteiger charge is -2.07. The predicted molar refractivity (Wildman–Crippen MR) is 114 cm³/mol. The number of carbonyl (C=O) groups excluding carboxylic acids is 1. The Bertz CT molecular complexity index is 1200. The Hall–Kier alpha value is -3.72. The van der Waals surface area contributed by atoms with E-state index in [0.29, 0.717) is 33.5 Å². The molecule has 0 radical (unpaired) electrons. The number of carbonyl (C=O) groups is 1. The lowest BCUT2D eigenvalue weighted by molar-refractivity contribution is 0.0434. The van der Waals surface area contributed by atoms with Gasteiger partial charge in [-0.15, -0.1) is 11.3 Å². The van der Waals surface area contributed by atoms with Crippen LogP contribution in [0.1, 0.15) is 21.3 Å². The molecule has 0 amide bonds. The predicted octanol–water partition coefficient (Wildman–Crippen LogP) is 4.54. The first-order valence-electron chi connectivity index (χ1n) is 9.34. The SMILES string of the molecule is COc1ccc(-c2noc(COC(=O)c3sc(-c4ccccc4)nc3C)n2)c(OC)c1. The van der Waals surface area contributed by atoms with Gasteiger partial charge in [-0.2, -0.15) is 4.98 Å². The molecule has 2 heterocycles. The van der Waals surface area contributed by atoms with Crippen molar-refractivity contribution >= 4 is 17.3 Å². The Labute approximate surface area is 182 Å². The molecule has 0 saturated carbocycles. The van der Waals surface area contributed by atoms with E-state index in [1.807, 2.05) is 30.3 Å². The number of methoxy groups -OCH3 is 2. The standard InChI is InChI=1S/C22H19N3O5S/c1-13-19(31-21(23-13)14-7-5-4-6-8-14)22(26)29-12-18-24-20(25-30-18)16-10-9-15(27-2)11-17(16)28-3/h4-11H,12H2,1-3H3. The molecule has 0 aliphatic heterocycles. The molecule has 4 rings (SSSR count). The topological polar surface area (TPSA) is 96.6 Å². The first-order chi connectivity index (χ1) is 15.1. The van der Waals surface area contributed by atoms with E-state index < -0.39 is 5.97 Å². The van der Waals surface area contributed by atoms with E-state index in [-0.39, 0.29) is 12.5 Å². The number of rotatable bonds is 7. The summed E-state index contributed by atoms with van der Waals surface area (Å²) in [7, 11) is 3.12. The molecule has 8 nitrogen and oxygen atoms in total. The molecule has 31 heavy (non-hydrogen) atoms. The lowest BCUT2D eigenvalue weighted by atomic mass is 10.2. The molecule has 0 atom stereocenters. The normalized spacial score (nSPS) is 10.7. The fourth-order valence-corrected chi connectivity index (χ4v) is 3.85. The van der Waals surface area contributed by atoms with Gasteiger partial charge in [0.2, 0.25) is 5.82 Å². The van der Waals surface area contributed by atoms with Crippen molar-refractivity contribution < 1.29 is 23.5 Å². The molecule has 158 valence electrons. The molecule has 0 saturated heterocycles. The van der Waals surface area contributed by atoms with Gasteiger partial charge >= 0.3 is 5.97 Å². The van der Waals surface area contributed by atoms with Crippen molar-refractivity contribution in [3.63, 3.8) is 0 Å². The summed E-state index contributed by atoms with van der Waals surface area (Å²) in [4.78, 5) is 21.8. The number of nitrogens with zero attached hydrogens (tertiary/aromatic N) is 3. The van der Waals surface area contributed by atoms with Crippen LogP contribution in [0.4, 0.5) is 0 Å². The number of benzene rings is 2. The number of hydrogen-bond acceptors (Lipinski definition) is 9. The Morgan fingerprint density at radius 3 is 2.61 bits per heavy atom.